The monoisotopic (exact) mass is 254 g/mol. The molecule has 1 aromatic rings. The lowest BCUT2D eigenvalue weighted by Crippen LogP contribution is -2.46. The number of carbonyl (C=O) groups is 1. The van der Waals surface area contributed by atoms with Crippen LogP contribution in [0.4, 0.5) is 5.13 Å². The number of hydrogen-bond donors (Lipinski definition) is 1. The summed E-state index contributed by atoms with van der Waals surface area (Å²) in [5.41, 5.74) is 1.01. The van der Waals surface area contributed by atoms with Gasteiger partial charge in [-0.25, -0.2) is 9.78 Å². The van der Waals surface area contributed by atoms with E-state index in [1.165, 1.54) is 4.88 Å². The Hall–Kier alpha value is -1.10. The second kappa shape index (κ2) is 4.64. The molecule has 1 saturated heterocycles. The van der Waals surface area contributed by atoms with Crippen molar-refractivity contribution in [2.75, 3.05) is 11.4 Å². The van der Waals surface area contributed by atoms with Gasteiger partial charge in [0.25, 0.3) is 0 Å². The van der Waals surface area contributed by atoms with E-state index in [1.54, 1.807) is 11.3 Å². The number of aromatic nitrogens is 1. The van der Waals surface area contributed by atoms with Gasteiger partial charge in [-0.2, -0.15) is 0 Å². The van der Waals surface area contributed by atoms with E-state index in [1.807, 2.05) is 18.7 Å². The molecule has 1 aromatic heterocycles. The van der Waals surface area contributed by atoms with Crippen LogP contribution in [-0.4, -0.2) is 28.6 Å². The van der Waals surface area contributed by atoms with Crippen molar-refractivity contribution in [1.82, 2.24) is 4.98 Å². The highest BCUT2D eigenvalue weighted by Crippen LogP contribution is 2.32. The van der Waals surface area contributed by atoms with Gasteiger partial charge in [-0.05, 0) is 32.6 Å². The Bertz CT molecular complexity index is 411. The first-order valence-electron chi connectivity index (χ1n) is 5.92. The lowest BCUT2D eigenvalue weighted by atomic mass is 9.93. The summed E-state index contributed by atoms with van der Waals surface area (Å²) < 4.78 is 0. The first kappa shape index (κ1) is 12.4. The van der Waals surface area contributed by atoms with Crippen LogP contribution in [0.15, 0.2) is 0 Å². The van der Waals surface area contributed by atoms with Gasteiger partial charge in [0.1, 0.15) is 6.04 Å². The molecule has 1 N–H and O–H groups in total. The summed E-state index contributed by atoms with van der Waals surface area (Å²) in [6, 6.07) is -0.413. The van der Waals surface area contributed by atoms with Crippen LogP contribution in [0.1, 0.15) is 30.3 Å². The Morgan fingerprint density at radius 1 is 1.53 bits per heavy atom. The third kappa shape index (κ3) is 2.44. The van der Waals surface area contributed by atoms with E-state index < -0.39 is 12.0 Å². The van der Waals surface area contributed by atoms with Crippen LogP contribution >= 0.6 is 11.3 Å². The SMILES string of the molecule is Cc1nc(N2CCC(C)CC2C(=O)O)sc1C. The molecule has 0 spiro atoms. The number of carboxylic acids is 1. The van der Waals surface area contributed by atoms with E-state index in [0.29, 0.717) is 12.3 Å². The molecule has 94 valence electrons. The van der Waals surface area contributed by atoms with E-state index in [9.17, 15) is 9.90 Å². The molecule has 2 heterocycles. The molecule has 0 amide bonds. The Balaban J connectivity index is 2.26. The number of aryl methyl sites for hydroxylation is 2. The van der Waals surface area contributed by atoms with E-state index >= 15 is 0 Å². The van der Waals surface area contributed by atoms with Crippen molar-refractivity contribution in [1.29, 1.82) is 0 Å². The van der Waals surface area contributed by atoms with Crippen LogP contribution in [0.5, 0.6) is 0 Å². The van der Waals surface area contributed by atoms with Crippen molar-refractivity contribution in [3.63, 3.8) is 0 Å². The van der Waals surface area contributed by atoms with Gasteiger partial charge < -0.3 is 10.0 Å². The summed E-state index contributed by atoms with van der Waals surface area (Å²) in [7, 11) is 0. The normalized spacial score (nSPS) is 25.0. The summed E-state index contributed by atoms with van der Waals surface area (Å²) in [5.74, 6) is -0.253. The van der Waals surface area contributed by atoms with Crippen LogP contribution < -0.4 is 4.90 Å². The largest absolute Gasteiger partial charge is 0.480 e. The standard InChI is InChI=1S/C12H18N2O2S/c1-7-4-5-14(10(6-7)11(15)16)12-13-8(2)9(3)17-12/h7,10H,4-6H2,1-3H3,(H,15,16). The molecule has 2 rings (SSSR count). The summed E-state index contributed by atoms with van der Waals surface area (Å²) in [4.78, 5) is 18.9. The fraction of sp³-hybridized carbons (Fsp3) is 0.667. The number of thiazole rings is 1. The van der Waals surface area contributed by atoms with E-state index in [-0.39, 0.29) is 0 Å². The number of aliphatic carboxylic acids is 1. The van der Waals surface area contributed by atoms with Gasteiger partial charge in [-0.1, -0.05) is 6.92 Å². The molecular weight excluding hydrogens is 236 g/mol. The summed E-state index contributed by atoms with van der Waals surface area (Å²) >= 11 is 1.59. The summed E-state index contributed by atoms with van der Waals surface area (Å²) in [5, 5.41) is 10.2. The lowest BCUT2D eigenvalue weighted by molar-refractivity contribution is -0.139. The smallest absolute Gasteiger partial charge is 0.326 e. The molecule has 0 aromatic carbocycles. The predicted molar refractivity (Wildman–Crippen MR) is 68.8 cm³/mol. The number of carboxylic acid groups (broad SMARTS) is 1. The van der Waals surface area contributed by atoms with E-state index in [2.05, 4.69) is 11.9 Å². The second-order valence-corrected chi connectivity index (χ2v) is 6.00. The third-order valence-electron chi connectivity index (χ3n) is 3.41. The average Bonchev–Trinajstić information content (AvgIpc) is 2.59. The second-order valence-electron chi connectivity index (χ2n) is 4.82. The van der Waals surface area contributed by atoms with Crippen molar-refractivity contribution < 1.29 is 9.90 Å². The average molecular weight is 254 g/mol. The minimum atomic E-state index is -0.734. The van der Waals surface area contributed by atoms with Crippen molar-refractivity contribution >= 4 is 22.4 Å². The van der Waals surface area contributed by atoms with Gasteiger partial charge >= 0.3 is 5.97 Å². The minimum Gasteiger partial charge on any atom is -0.480 e. The quantitative estimate of drug-likeness (QED) is 0.880. The molecule has 0 radical (unpaired) electrons. The zero-order chi connectivity index (χ0) is 12.6. The Labute approximate surface area is 105 Å². The number of rotatable bonds is 2. The first-order chi connectivity index (χ1) is 7.99. The molecule has 5 heteroatoms. The fourth-order valence-electron chi connectivity index (χ4n) is 2.18. The zero-order valence-corrected chi connectivity index (χ0v) is 11.3. The van der Waals surface area contributed by atoms with Crippen molar-refractivity contribution in [3.8, 4) is 0 Å². The molecule has 0 aliphatic carbocycles. The fourth-order valence-corrected chi connectivity index (χ4v) is 3.17. The molecule has 17 heavy (non-hydrogen) atoms. The van der Waals surface area contributed by atoms with Gasteiger partial charge in [0, 0.05) is 11.4 Å². The Morgan fingerprint density at radius 2 is 2.24 bits per heavy atom. The van der Waals surface area contributed by atoms with Crippen LogP contribution in [-0.2, 0) is 4.79 Å². The molecule has 1 fully saturated rings. The topological polar surface area (TPSA) is 53.4 Å². The number of anilines is 1. The predicted octanol–water partition coefficient (Wildman–Crippen LogP) is 2.45. The minimum absolute atomic E-state index is 0.413. The van der Waals surface area contributed by atoms with Gasteiger partial charge in [0.05, 0.1) is 5.69 Å². The van der Waals surface area contributed by atoms with Crippen LogP contribution in [0.2, 0.25) is 0 Å². The molecule has 0 bridgehead atoms. The molecule has 2 atom stereocenters. The zero-order valence-electron chi connectivity index (χ0n) is 10.4. The highest BCUT2D eigenvalue weighted by Gasteiger charge is 2.33. The highest BCUT2D eigenvalue weighted by molar-refractivity contribution is 7.15. The van der Waals surface area contributed by atoms with Crippen LogP contribution in [0.3, 0.4) is 0 Å². The maximum absolute atomic E-state index is 11.3. The molecule has 1 aliphatic heterocycles. The summed E-state index contributed by atoms with van der Waals surface area (Å²) in [6.45, 7) is 6.91. The third-order valence-corrected chi connectivity index (χ3v) is 4.52. The van der Waals surface area contributed by atoms with Crippen LogP contribution in [0.25, 0.3) is 0 Å². The van der Waals surface area contributed by atoms with Gasteiger partial charge in [0.15, 0.2) is 5.13 Å². The maximum atomic E-state index is 11.3. The Morgan fingerprint density at radius 3 is 2.76 bits per heavy atom. The van der Waals surface area contributed by atoms with E-state index in [4.69, 9.17) is 0 Å². The van der Waals surface area contributed by atoms with Gasteiger partial charge in [0.2, 0.25) is 0 Å². The molecular formula is C12H18N2O2S. The molecule has 0 saturated carbocycles. The first-order valence-corrected chi connectivity index (χ1v) is 6.74. The molecule has 2 unspecified atom stereocenters. The number of piperidine rings is 1. The number of hydrogen-bond acceptors (Lipinski definition) is 4. The van der Waals surface area contributed by atoms with Crippen molar-refractivity contribution in [3.05, 3.63) is 10.6 Å². The molecule has 4 nitrogen and oxygen atoms in total. The number of nitrogens with zero attached hydrogens (tertiary/aromatic N) is 2. The maximum Gasteiger partial charge on any atom is 0.326 e. The Kier molecular flexibility index (Phi) is 3.38. The van der Waals surface area contributed by atoms with Crippen LogP contribution in [0, 0.1) is 19.8 Å². The highest BCUT2D eigenvalue weighted by atomic mass is 32.1. The van der Waals surface area contributed by atoms with Gasteiger partial charge in [-0.3, -0.25) is 0 Å². The summed E-state index contributed by atoms with van der Waals surface area (Å²) in [6.07, 6.45) is 1.76. The molecule has 1 aliphatic rings. The van der Waals surface area contributed by atoms with Crippen molar-refractivity contribution in [2.45, 2.75) is 39.7 Å². The van der Waals surface area contributed by atoms with Gasteiger partial charge in [-0.15, -0.1) is 11.3 Å². The van der Waals surface area contributed by atoms with E-state index in [0.717, 1.165) is 23.8 Å². The lowest BCUT2D eigenvalue weighted by Gasteiger charge is -2.35. The van der Waals surface area contributed by atoms with Crippen molar-refractivity contribution in [2.24, 2.45) is 5.92 Å².